The van der Waals surface area contributed by atoms with Crippen molar-refractivity contribution in [3.05, 3.63) is 47.2 Å². The van der Waals surface area contributed by atoms with E-state index in [0.29, 0.717) is 11.6 Å². The predicted molar refractivity (Wildman–Crippen MR) is 71.8 cm³/mol. The van der Waals surface area contributed by atoms with Crippen molar-refractivity contribution >= 4 is 11.6 Å². The normalized spacial score (nSPS) is 12.4. The van der Waals surface area contributed by atoms with Crippen LogP contribution in [0, 0.1) is 0 Å². The van der Waals surface area contributed by atoms with Crippen LogP contribution in [0.2, 0.25) is 5.02 Å². The van der Waals surface area contributed by atoms with Crippen LogP contribution in [0.25, 0.3) is 0 Å². The molecule has 0 aliphatic carbocycles. The van der Waals surface area contributed by atoms with Crippen molar-refractivity contribution in [2.75, 3.05) is 6.61 Å². The molecule has 1 aromatic heterocycles. The Hall–Kier alpha value is -1.52. The van der Waals surface area contributed by atoms with Crippen molar-refractivity contribution in [3.63, 3.8) is 0 Å². The standard InChI is InChI=1S/C13H16ClN3O/c1-2-17-13(6-7-16-17)12(15)9-18-11-5-3-4-10(14)8-11/h3-8,12H,2,9,15H2,1H3. The van der Waals surface area contributed by atoms with E-state index < -0.39 is 0 Å². The summed E-state index contributed by atoms with van der Waals surface area (Å²) >= 11 is 5.88. The molecule has 0 fully saturated rings. The Morgan fingerprint density at radius 1 is 1.44 bits per heavy atom. The number of nitrogens with zero attached hydrogens (tertiary/aromatic N) is 2. The summed E-state index contributed by atoms with van der Waals surface area (Å²) in [4.78, 5) is 0. The molecule has 5 heteroatoms. The Bertz CT molecular complexity index is 512. The van der Waals surface area contributed by atoms with Crippen molar-refractivity contribution in [2.24, 2.45) is 5.73 Å². The van der Waals surface area contributed by atoms with E-state index in [1.165, 1.54) is 0 Å². The van der Waals surface area contributed by atoms with Crippen molar-refractivity contribution in [1.29, 1.82) is 0 Å². The van der Waals surface area contributed by atoms with Crippen molar-refractivity contribution in [3.8, 4) is 5.75 Å². The molecule has 18 heavy (non-hydrogen) atoms. The maximum Gasteiger partial charge on any atom is 0.120 e. The average Bonchev–Trinajstić information content (AvgIpc) is 2.84. The maximum absolute atomic E-state index is 6.08. The highest BCUT2D eigenvalue weighted by atomic mass is 35.5. The number of hydrogen-bond donors (Lipinski definition) is 1. The van der Waals surface area contributed by atoms with Gasteiger partial charge in [-0.05, 0) is 31.2 Å². The molecular formula is C13H16ClN3O. The van der Waals surface area contributed by atoms with Crippen molar-refractivity contribution < 1.29 is 4.74 Å². The van der Waals surface area contributed by atoms with E-state index >= 15 is 0 Å². The minimum atomic E-state index is -0.202. The molecule has 0 aliphatic heterocycles. The summed E-state index contributed by atoms with van der Waals surface area (Å²) < 4.78 is 7.49. The largest absolute Gasteiger partial charge is 0.492 e. The molecule has 0 bridgehead atoms. The zero-order valence-electron chi connectivity index (χ0n) is 10.2. The van der Waals surface area contributed by atoms with E-state index in [1.807, 2.05) is 29.8 Å². The predicted octanol–water partition coefficient (Wildman–Crippen LogP) is 2.64. The molecule has 96 valence electrons. The highest BCUT2D eigenvalue weighted by Crippen LogP contribution is 2.19. The zero-order valence-corrected chi connectivity index (χ0v) is 11.0. The number of nitrogens with two attached hydrogens (primary N) is 1. The van der Waals surface area contributed by atoms with Crippen molar-refractivity contribution in [2.45, 2.75) is 19.5 Å². The van der Waals surface area contributed by atoms with Crippen LogP contribution in [0.5, 0.6) is 5.75 Å². The van der Waals surface area contributed by atoms with Crippen LogP contribution in [0.4, 0.5) is 0 Å². The first-order chi connectivity index (χ1) is 8.70. The fourth-order valence-corrected chi connectivity index (χ4v) is 1.93. The Labute approximate surface area is 111 Å². The zero-order chi connectivity index (χ0) is 13.0. The molecule has 2 rings (SSSR count). The van der Waals surface area contributed by atoms with Crippen LogP contribution >= 0.6 is 11.6 Å². The molecule has 0 saturated carbocycles. The Morgan fingerprint density at radius 3 is 3.00 bits per heavy atom. The molecule has 0 spiro atoms. The number of aryl methyl sites for hydroxylation is 1. The number of rotatable bonds is 5. The lowest BCUT2D eigenvalue weighted by atomic mass is 10.2. The lowest BCUT2D eigenvalue weighted by Crippen LogP contribution is -2.22. The minimum absolute atomic E-state index is 0.202. The van der Waals surface area contributed by atoms with Crippen LogP contribution in [0.1, 0.15) is 18.7 Å². The molecule has 2 aromatic rings. The summed E-state index contributed by atoms with van der Waals surface area (Å²) in [5.41, 5.74) is 7.05. The molecule has 0 aliphatic rings. The summed E-state index contributed by atoms with van der Waals surface area (Å²) in [7, 11) is 0. The second-order valence-electron chi connectivity index (χ2n) is 3.95. The Morgan fingerprint density at radius 2 is 2.28 bits per heavy atom. The molecule has 0 saturated heterocycles. The van der Waals surface area contributed by atoms with E-state index in [9.17, 15) is 0 Å². The lowest BCUT2D eigenvalue weighted by Gasteiger charge is -2.14. The third-order valence-electron chi connectivity index (χ3n) is 2.65. The smallest absolute Gasteiger partial charge is 0.120 e. The van der Waals surface area contributed by atoms with Gasteiger partial charge in [-0.1, -0.05) is 17.7 Å². The third kappa shape index (κ3) is 3.03. The van der Waals surface area contributed by atoms with Gasteiger partial charge >= 0.3 is 0 Å². The van der Waals surface area contributed by atoms with Gasteiger partial charge in [-0.15, -0.1) is 0 Å². The number of halogens is 1. The highest BCUT2D eigenvalue weighted by Gasteiger charge is 2.11. The van der Waals surface area contributed by atoms with Crippen LogP contribution < -0.4 is 10.5 Å². The number of benzene rings is 1. The molecule has 4 nitrogen and oxygen atoms in total. The maximum atomic E-state index is 6.08. The lowest BCUT2D eigenvalue weighted by molar-refractivity contribution is 0.284. The SMILES string of the molecule is CCn1nccc1C(N)COc1cccc(Cl)c1. The van der Waals surface area contributed by atoms with E-state index in [1.54, 1.807) is 18.3 Å². The van der Waals surface area contributed by atoms with E-state index in [0.717, 1.165) is 18.0 Å². The van der Waals surface area contributed by atoms with Crippen LogP contribution in [0.3, 0.4) is 0 Å². The van der Waals surface area contributed by atoms with Gasteiger partial charge < -0.3 is 10.5 Å². The van der Waals surface area contributed by atoms with E-state index in [2.05, 4.69) is 5.10 Å². The molecule has 1 atom stereocenters. The third-order valence-corrected chi connectivity index (χ3v) is 2.89. The first-order valence-corrected chi connectivity index (χ1v) is 6.24. The topological polar surface area (TPSA) is 53.1 Å². The van der Waals surface area contributed by atoms with Crippen LogP contribution in [-0.2, 0) is 6.54 Å². The quantitative estimate of drug-likeness (QED) is 0.904. The number of aromatic nitrogens is 2. The molecule has 2 N–H and O–H groups in total. The molecule has 1 heterocycles. The number of ether oxygens (including phenoxy) is 1. The average molecular weight is 266 g/mol. The summed E-state index contributed by atoms with van der Waals surface area (Å²) in [5, 5.41) is 4.84. The van der Waals surface area contributed by atoms with E-state index in [-0.39, 0.29) is 6.04 Å². The van der Waals surface area contributed by atoms with Gasteiger partial charge in [-0.3, -0.25) is 4.68 Å². The van der Waals surface area contributed by atoms with Gasteiger partial charge in [0.2, 0.25) is 0 Å². The molecule has 1 aromatic carbocycles. The monoisotopic (exact) mass is 265 g/mol. The summed E-state index contributed by atoms with van der Waals surface area (Å²) in [6, 6.07) is 8.99. The number of hydrogen-bond acceptors (Lipinski definition) is 3. The Kier molecular flexibility index (Phi) is 4.23. The van der Waals surface area contributed by atoms with Gasteiger partial charge in [-0.25, -0.2) is 0 Å². The van der Waals surface area contributed by atoms with Gasteiger partial charge in [-0.2, -0.15) is 5.10 Å². The van der Waals surface area contributed by atoms with Crippen LogP contribution in [0.15, 0.2) is 36.5 Å². The van der Waals surface area contributed by atoms with E-state index in [4.69, 9.17) is 22.1 Å². The molecule has 1 unspecified atom stereocenters. The fourth-order valence-electron chi connectivity index (χ4n) is 1.75. The molecule has 0 amide bonds. The van der Waals surface area contributed by atoms with Gasteiger partial charge in [0.1, 0.15) is 12.4 Å². The second-order valence-corrected chi connectivity index (χ2v) is 4.38. The van der Waals surface area contributed by atoms with Gasteiger partial charge in [0.25, 0.3) is 0 Å². The van der Waals surface area contributed by atoms with Crippen LogP contribution in [-0.4, -0.2) is 16.4 Å². The second kappa shape index (κ2) is 5.89. The first-order valence-electron chi connectivity index (χ1n) is 5.86. The van der Waals surface area contributed by atoms with Gasteiger partial charge in [0.05, 0.1) is 11.7 Å². The van der Waals surface area contributed by atoms with Gasteiger partial charge in [0.15, 0.2) is 0 Å². The molecular weight excluding hydrogens is 250 g/mol. The van der Waals surface area contributed by atoms with Crippen molar-refractivity contribution in [1.82, 2.24) is 9.78 Å². The highest BCUT2D eigenvalue weighted by molar-refractivity contribution is 6.30. The summed E-state index contributed by atoms with van der Waals surface area (Å²) in [6.07, 6.45) is 1.75. The van der Waals surface area contributed by atoms with Gasteiger partial charge in [0, 0.05) is 17.8 Å². The Balaban J connectivity index is 1.98. The fraction of sp³-hybridized carbons (Fsp3) is 0.308. The molecule has 0 radical (unpaired) electrons. The summed E-state index contributed by atoms with van der Waals surface area (Å²) in [6.45, 7) is 3.22. The summed E-state index contributed by atoms with van der Waals surface area (Å²) in [5.74, 6) is 0.723. The first kappa shape index (κ1) is 12.9. The minimum Gasteiger partial charge on any atom is -0.492 e.